The zero-order valence-electron chi connectivity index (χ0n) is 8.97. The molecule has 16 heavy (non-hydrogen) atoms. The van der Waals surface area contributed by atoms with E-state index >= 15 is 0 Å². The number of para-hydroxylation sites is 1. The first-order valence-electron chi connectivity index (χ1n) is 4.33. The summed E-state index contributed by atoms with van der Waals surface area (Å²) in [6, 6.07) is 9.05. The molecule has 1 radical (unpaired) electrons. The standard InChI is InChI=1S/C10H11NO3S.Na/c12-9(6-15-7-10(13)14)11-8-4-2-1-3-5-8;/h1-5H,6-7H2,(H,11,12)(H,13,14);. The molecule has 0 spiro atoms. The van der Waals surface area contributed by atoms with Gasteiger partial charge < -0.3 is 10.4 Å². The number of amides is 1. The van der Waals surface area contributed by atoms with Gasteiger partial charge in [-0.3, -0.25) is 9.59 Å². The number of rotatable bonds is 5. The zero-order valence-corrected chi connectivity index (χ0v) is 11.8. The summed E-state index contributed by atoms with van der Waals surface area (Å²) >= 11 is 1.08. The van der Waals surface area contributed by atoms with E-state index in [4.69, 9.17) is 5.11 Å². The van der Waals surface area contributed by atoms with E-state index in [1.165, 1.54) is 0 Å². The van der Waals surface area contributed by atoms with Crippen LogP contribution in [0.4, 0.5) is 5.69 Å². The SMILES string of the molecule is O=C(O)CSCC(=O)Nc1ccccc1.[Na]. The fourth-order valence-corrected chi connectivity index (χ4v) is 1.48. The van der Waals surface area contributed by atoms with Crippen molar-refractivity contribution in [3.8, 4) is 0 Å². The quantitative estimate of drug-likeness (QED) is 0.765. The molecule has 1 aromatic rings. The van der Waals surface area contributed by atoms with E-state index in [2.05, 4.69) is 5.32 Å². The molecule has 81 valence electrons. The molecule has 0 fully saturated rings. The maximum absolute atomic E-state index is 11.3. The van der Waals surface area contributed by atoms with Crippen LogP contribution in [0.3, 0.4) is 0 Å². The second kappa shape index (κ2) is 8.64. The first kappa shape index (κ1) is 15.5. The van der Waals surface area contributed by atoms with Crippen molar-refractivity contribution in [1.82, 2.24) is 0 Å². The van der Waals surface area contributed by atoms with Gasteiger partial charge in [0.1, 0.15) is 0 Å². The van der Waals surface area contributed by atoms with Crippen LogP contribution in [0.5, 0.6) is 0 Å². The smallest absolute Gasteiger partial charge is 0.313 e. The average molecular weight is 248 g/mol. The van der Waals surface area contributed by atoms with Crippen LogP contribution in [0, 0.1) is 0 Å². The van der Waals surface area contributed by atoms with Gasteiger partial charge in [-0.05, 0) is 12.1 Å². The molecule has 4 nitrogen and oxygen atoms in total. The molecule has 2 N–H and O–H groups in total. The summed E-state index contributed by atoms with van der Waals surface area (Å²) < 4.78 is 0. The Labute approximate surface area is 120 Å². The van der Waals surface area contributed by atoms with E-state index in [9.17, 15) is 9.59 Å². The molecule has 1 aromatic carbocycles. The minimum Gasteiger partial charge on any atom is -0.481 e. The monoisotopic (exact) mass is 248 g/mol. The Balaban J connectivity index is 0.00000225. The first-order valence-corrected chi connectivity index (χ1v) is 5.48. The second-order valence-corrected chi connectivity index (χ2v) is 3.79. The van der Waals surface area contributed by atoms with Gasteiger partial charge in [0.05, 0.1) is 11.5 Å². The Morgan fingerprint density at radius 1 is 1.19 bits per heavy atom. The van der Waals surface area contributed by atoms with Gasteiger partial charge in [0.2, 0.25) is 5.91 Å². The number of carboxylic acid groups (broad SMARTS) is 1. The van der Waals surface area contributed by atoms with Crippen LogP contribution in [0.25, 0.3) is 0 Å². The number of hydrogen-bond donors (Lipinski definition) is 2. The Morgan fingerprint density at radius 3 is 2.38 bits per heavy atom. The van der Waals surface area contributed by atoms with Gasteiger partial charge in [-0.15, -0.1) is 11.8 Å². The number of carboxylic acids is 1. The Hall–Kier alpha value is -0.490. The first-order chi connectivity index (χ1) is 7.18. The zero-order chi connectivity index (χ0) is 11.1. The van der Waals surface area contributed by atoms with Gasteiger partial charge in [0.25, 0.3) is 0 Å². The fourth-order valence-electron chi connectivity index (χ4n) is 0.950. The van der Waals surface area contributed by atoms with Gasteiger partial charge in [-0.25, -0.2) is 0 Å². The van der Waals surface area contributed by atoms with Crippen LogP contribution in [0.15, 0.2) is 30.3 Å². The molecule has 0 aliphatic heterocycles. The summed E-state index contributed by atoms with van der Waals surface area (Å²) in [5.41, 5.74) is 0.721. The average Bonchev–Trinajstić information content (AvgIpc) is 2.18. The second-order valence-electron chi connectivity index (χ2n) is 2.80. The number of carbonyl (C=O) groups excluding carboxylic acids is 1. The third kappa shape index (κ3) is 6.90. The van der Waals surface area contributed by atoms with Crippen LogP contribution < -0.4 is 5.32 Å². The molecule has 0 saturated heterocycles. The van der Waals surface area contributed by atoms with E-state index in [1.54, 1.807) is 12.1 Å². The number of aliphatic carboxylic acids is 1. The number of anilines is 1. The van der Waals surface area contributed by atoms with E-state index in [1.807, 2.05) is 18.2 Å². The van der Waals surface area contributed by atoms with Gasteiger partial charge in [-0.1, -0.05) is 18.2 Å². The molecule has 0 heterocycles. The van der Waals surface area contributed by atoms with Crippen molar-refractivity contribution >= 4 is 58.9 Å². The van der Waals surface area contributed by atoms with Crippen molar-refractivity contribution in [2.24, 2.45) is 0 Å². The van der Waals surface area contributed by atoms with Crippen molar-refractivity contribution in [2.75, 3.05) is 16.8 Å². The molecule has 0 aliphatic rings. The summed E-state index contributed by atoms with van der Waals surface area (Å²) in [5, 5.41) is 11.0. The van der Waals surface area contributed by atoms with Gasteiger partial charge >= 0.3 is 5.97 Å². The maximum atomic E-state index is 11.3. The molecule has 0 aromatic heterocycles. The van der Waals surface area contributed by atoms with Crippen LogP contribution in [-0.2, 0) is 9.59 Å². The van der Waals surface area contributed by atoms with Crippen molar-refractivity contribution in [1.29, 1.82) is 0 Å². The normalized spacial score (nSPS) is 9.00. The predicted molar refractivity (Wildman–Crippen MR) is 65.8 cm³/mol. The molecule has 0 unspecified atom stereocenters. The topological polar surface area (TPSA) is 66.4 Å². The molecule has 0 atom stereocenters. The Morgan fingerprint density at radius 2 is 1.81 bits per heavy atom. The summed E-state index contributed by atoms with van der Waals surface area (Å²) in [7, 11) is 0. The largest absolute Gasteiger partial charge is 0.481 e. The fraction of sp³-hybridized carbons (Fsp3) is 0.200. The predicted octanol–water partition coefficient (Wildman–Crippen LogP) is 1.06. The van der Waals surface area contributed by atoms with Crippen molar-refractivity contribution in [3.63, 3.8) is 0 Å². The van der Waals surface area contributed by atoms with Crippen LogP contribution >= 0.6 is 11.8 Å². The van der Waals surface area contributed by atoms with E-state index in [0.29, 0.717) is 0 Å². The number of benzene rings is 1. The number of hydrogen-bond acceptors (Lipinski definition) is 3. The number of thioether (sulfide) groups is 1. The Kier molecular flexibility index (Phi) is 8.37. The van der Waals surface area contributed by atoms with Crippen molar-refractivity contribution < 1.29 is 14.7 Å². The minimum atomic E-state index is -0.910. The van der Waals surface area contributed by atoms with Crippen molar-refractivity contribution in [2.45, 2.75) is 0 Å². The van der Waals surface area contributed by atoms with Gasteiger partial charge in [0, 0.05) is 35.2 Å². The molecule has 1 amide bonds. The molecule has 1 rings (SSSR count). The molecule has 0 saturated carbocycles. The summed E-state index contributed by atoms with van der Waals surface area (Å²) in [5.74, 6) is -0.997. The molecule has 6 heteroatoms. The third-order valence-corrected chi connectivity index (χ3v) is 2.43. The summed E-state index contributed by atoms with van der Waals surface area (Å²) in [4.78, 5) is 21.5. The van der Waals surface area contributed by atoms with E-state index < -0.39 is 5.97 Å². The molecular formula is C10H11NNaO3S. The summed E-state index contributed by atoms with van der Waals surface area (Å²) in [6.45, 7) is 0. The van der Waals surface area contributed by atoms with Crippen LogP contribution in [-0.4, -0.2) is 58.0 Å². The van der Waals surface area contributed by atoms with E-state index in [0.717, 1.165) is 17.4 Å². The third-order valence-electron chi connectivity index (χ3n) is 1.52. The van der Waals surface area contributed by atoms with Crippen LogP contribution in [0.1, 0.15) is 0 Å². The minimum absolute atomic E-state index is 0. The summed E-state index contributed by atoms with van der Waals surface area (Å²) in [6.07, 6.45) is 0. The van der Waals surface area contributed by atoms with E-state index in [-0.39, 0.29) is 47.0 Å². The molecule has 0 bridgehead atoms. The number of nitrogens with one attached hydrogen (secondary N) is 1. The maximum Gasteiger partial charge on any atom is 0.313 e. The molecular weight excluding hydrogens is 237 g/mol. The van der Waals surface area contributed by atoms with Crippen LogP contribution in [0.2, 0.25) is 0 Å². The van der Waals surface area contributed by atoms with Gasteiger partial charge in [0.15, 0.2) is 0 Å². The molecule has 0 aliphatic carbocycles. The van der Waals surface area contributed by atoms with Crippen molar-refractivity contribution in [3.05, 3.63) is 30.3 Å². The Bertz CT molecular complexity index is 345. The van der Waals surface area contributed by atoms with Gasteiger partial charge in [-0.2, -0.15) is 0 Å². The number of carbonyl (C=O) groups is 2.